The molecule has 7 heteroatoms. The monoisotopic (exact) mass is 298 g/mol. The standard InChI is InChI=1S/C14H13F3N2O2/c1-9-6-19-13(7-18-9)12-4-3-11(21-14(15,16)17)5-10(12)8-20-2/h3-7H,8H2,1-2H3. The predicted molar refractivity (Wildman–Crippen MR) is 69.6 cm³/mol. The molecule has 0 aliphatic carbocycles. The zero-order chi connectivity index (χ0) is 15.5. The van der Waals surface area contributed by atoms with E-state index in [1.165, 1.54) is 25.3 Å². The minimum absolute atomic E-state index is 0.139. The third-order valence-corrected chi connectivity index (χ3v) is 2.67. The quantitative estimate of drug-likeness (QED) is 0.866. The fraction of sp³-hybridized carbons (Fsp3) is 0.286. The van der Waals surface area contributed by atoms with Gasteiger partial charge in [-0.2, -0.15) is 0 Å². The Morgan fingerprint density at radius 1 is 1.14 bits per heavy atom. The summed E-state index contributed by atoms with van der Waals surface area (Å²) in [5, 5.41) is 0. The maximum absolute atomic E-state index is 12.3. The molecule has 2 aromatic rings. The Morgan fingerprint density at radius 2 is 1.90 bits per heavy atom. The molecule has 2 rings (SSSR count). The van der Waals surface area contributed by atoms with Crippen molar-refractivity contribution in [3.05, 3.63) is 41.9 Å². The lowest BCUT2D eigenvalue weighted by Crippen LogP contribution is -2.17. The van der Waals surface area contributed by atoms with E-state index in [-0.39, 0.29) is 12.4 Å². The summed E-state index contributed by atoms with van der Waals surface area (Å²) < 4.78 is 45.7. The molecule has 0 bridgehead atoms. The number of hydrogen-bond donors (Lipinski definition) is 0. The lowest BCUT2D eigenvalue weighted by molar-refractivity contribution is -0.274. The van der Waals surface area contributed by atoms with Crippen LogP contribution in [0.5, 0.6) is 5.75 Å². The highest BCUT2D eigenvalue weighted by molar-refractivity contribution is 5.64. The molecule has 1 aromatic heterocycles. The molecule has 0 saturated heterocycles. The second kappa shape index (κ2) is 6.09. The van der Waals surface area contributed by atoms with Crippen molar-refractivity contribution in [2.24, 2.45) is 0 Å². The maximum Gasteiger partial charge on any atom is 0.573 e. The van der Waals surface area contributed by atoms with Crippen molar-refractivity contribution in [3.8, 4) is 17.0 Å². The van der Waals surface area contributed by atoms with E-state index in [0.717, 1.165) is 5.69 Å². The van der Waals surface area contributed by atoms with Crippen LogP contribution in [0.4, 0.5) is 13.2 Å². The molecule has 0 unspecified atom stereocenters. The van der Waals surface area contributed by atoms with Crippen LogP contribution in [0, 0.1) is 6.92 Å². The SMILES string of the molecule is COCc1cc(OC(F)(F)F)ccc1-c1cnc(C)cn1. The Hall–Kier alpha value is -2.15. The number of aryl methyl sites for hydroxylation is 1. The van der Waals surface area contributed by atoms with Gasteiger partial charge in [0.1, 0.15) is 5.75 Å². The Bertz CT molecular complexity index is 613. The van der Waals surface area contributed by atoms with Crippen LogP contribution in [0.25, 0.3) is 11.3 Å². The third kappa shape index (κ3) is 4.16. The van der Waals surface area contributed by atoms with E-state index >= 15 is 0 Å². The average Bonchev–Trinajstić information content (AvgIpc) is 2.39. The Labute approximate surface area is 119 Å². The highest BCUT2D eigenvalue weighted by Crippen LogP contribution is 2.29. The van der Waals surface area contributed by atoms with Crippen molar-refractivity contribution in [2.45, 2.75) is 19.9 Å². The smallest absolute Gasteiger partial charge is 0.406 e. The van der Waals surface area contributed by atoms with Crippen LogP contribution in [0.3, 0.4) is 0 Å². The molecule has 0 fully saturated rings. The van der Waals surface area contributed by atoms with Gasteiger partial charge in [-0.3, -0.25) is 9.97 Å². The van der Waals surface area contributed by atoms with E-state index in [4.69, 9.17) is 4.74 Å². The summed E-state index contributed by atoms with van der Waals surface area (Å²) in [5.74, 6) is -0.293. The largest absolute Gasteiger partial charge is 0.573 e. The molecule has 0 aliphatic rings. The summed E-state index contributed by atoms with van der Waals surface area (Å²) in [5.41, 5.74) is 2.51. The highest BCUT2D eigenvalue weighted by Gasteiger charge is 2.31. The minimum Gasteiger partial charge on any atom is -0.406 e. The van der Waals surface area contributed by atoms with Crippen LogP contribution in [0.15, 0.2) is 30.6 Å². The van der Waals surface area contributed by atoms with Crippen LogP contribution in [0.1, 0.15) is 11.3 Å². The first-order valence-corrected chi connectivity index (χ1v) is 6.05. The molecule has 1 aromatic carbocycles. The number of nitrogens with zero attached hydrogens (tertiary/aromatic N) is 2. The lowest BCUT2D eigenvalue weighted by atomic mass is 10.0. The van der Waals surface area contributed by atoms with Crippen molar-refractivity contribution in [1.29, 1.82) is 0 Å². The summed E-state index contributed by atoms with van der Waals surface area (Å²) in [7, 11) is 1.46. The second-order valence-electron chi connectivity index (χ2n) is 4.34. The van der Waals surface area contributed by atoms with Gasteiger partial charge in [0.05, 0.1) is 24.2 Å². The molecule has 4 nitrogen and oxygen atoms in total. The highest BCUT2D eigenvalue weighted by atomic mass is 19.4. The molecular weight excluding hydrogens is 285 g/mol. The van der Waals surface area contributed by atoms with Crippen LogP contribution in [0.2, 0.25) is 0 Å². The number of ether oxygens (including phenoxy) is 2. The first-order valence-electron chi connectivity index (χ1n) is 6.05. The maximum atomic E-state index is 12.3. The number of methoxy groups -OCH3 is 1. The molecule has 21 heavy (non-hydrogen) atoms. The van der Waals surface area contributed by atoms with Crippen LogP contribution in [-0.2, 0) is 11.3 Å². The summed E-state index contributed by atoms with van der Waals surface area (Å²) in [6.45, 7) is 1.94. The Balaban J connectivity index is 2.39. The zero-order valence-electron chi connectivity index (χ0n) is 11.4. The van der Waals surface area contributed by atoms with Crippen LogP contribution < -0.4 is 4.74 Å². The minimum atomic E-state index is -4.73. The fourth-order valence-corrected chi connectivity index (χ4v) is 1.82. The van der Waals surface area contributed by atoms with Gasteiger partial charge >= 0.3 is 6.36 Å². The number of benzene rings is 1. The number of aromatic nitrogens is 2. The van der Waals surface area contributed by atoms with E-state index in [1.54, 1.807) is 19.3 Å². The van der Waals surface area contributed by atoms with Crippen molar-refractivity contribution in [1.82, 2.24) is 9.97 Å². The van der Waals surface area contributed by atoms with Gasteiger partial charge in [0.15, 0.2) is 0 Å². The van der Waals surface area contributed by atoms with Crippen LogP contribution in [-0.4, -0.2) is 23.4 Å². The van der Waals surface area contributed by atoms with E-state index in [0.29, 0.717) is 16.8 Å². The summed E-state index contributed by atoms with van der Waals surface area (Å²) in [6.07, 6.45) is -1.57. The van der Waals surface area contributed by atoms with Gasteiger partial charge in [0, 0.05) is 18.9 Å². The summed E-state index contributed by atoms with van der Waals surface area (Å²) in [6, 6.07) is 4.03. The Kier molecular flexibility index (Phi) is 4.42. The van der Waals surface area contributed by atoms with Crippen molar-refractivity contribution >= 4 is 0 Å². The van der Waals surface area contributed by atoms with Crippen molar-refractivity contribution < 1.29 is 22.6 Å². The first-order chi connectivity index (χ1) is 9.89. The van der Waals surface area contributed by atoms with Crippen LogP contribution >= 0.6 is 0 Å². The molecule has 0 spiro atoms. The molecule has 0 N–H and O–H groups in total. The van der Waals surface area contributed by atoms with E-state index in [9.17, 15) is 13.2 Å². The summed E-state index contributed by atoms with van der Waals surface area (Å²) >= 11 is 0. The van der Waals surface area contributed by atoms with Gasteiger partial charge in [-0.1, -0.05) is 0 Å². The summed E-state index contributed by atoms with van der Waals surface area (Å²) in [4.78, 5) is 8.34. The molecule has 112 valence electrons. The van der Waals surface area contributed by atoms with Gasteiger partial charge in [-0.15, -0.1) is 13.2 Å². The van der Waals surface area contributed by atoms with Gasteiger partial charge in [-0.25, -0.2) is 0 Å². The molecular formula is C14H13F3N2O2. The zero-order valence-corrected chi connectivity index (χ0v) is 11.4. The molecule has 0 radical (unpaired) electrons. The second-order valence-corrected chi connectivity index (χ2v) is 4.34. The Morgan fingerprint density at radius 3 is 2.48 bits per heavy atom. The predicted octanol–water partition coefficient (Wildman–Crippen LogP) is 3.50. The van der Waals surface area contributed by atoms with Gasteiger partial charge in [0.2, 0.25) is 0 Å². The van der Waals surface area contributed by atoms with Gasteiger partial charge in [-0.05, 0) is 30.7 Å². The molecule has 0 aliphatic heterocycles. The van der Waals surface area contributed by atoms with E-state index in [1.807, 2.05) is 0 Å². The van der Waals surface area contributed by atoms with Crippen molar-refractivity contribution in [2.75, 3.05) is 7.11 Å². The van der Waals surface area contributed by atoms with Crippen molar-refractivity contribution in [3.63, 3.8) is 0 Å². The number of alkyl halides is 3. The van der Waals surface area contributed by atoms with E-state index < -0.39 is 6.36 Å². The first kappa shape index (κ1) is 15.2. The van der Waals surface area contributed by atoms with E-state index in [2.05, 4.69) is 14.7 Å². The number of rotatable bonds is 4. The molecule has 0 amide bonds. The third-order valence-electron chi connectivity index (χ3n) is 2.67. The number of hydrogen-bond acceptors (Lipinski definition) is 4. The fourth-order valence-electron chi connectivity index (χ4n) is 1.82. The topological polar surface area (TPSA) is 44.2 Å². The number of halogens is 3. The molecule has 0 saturated carbocycles. The normalized spacial score (nSPS) is 11.5. The average molecular weight is 298 g/mol. The lowest BCUT2D eigenvalue weighted by Gasteiger charge is -2.13. The molecule has 0 atom stereocenters. The van der Waals surface area contributed by atoms with Gasteiger partial charge in [0.25, 0.3) is 0 Å². The molecule has 1 heterocycles. The van der Waals surface area contributed by atoms with Gasteiger partial charge < -0.3 is 9.47 Å².